The molecule has 0 spiro atoms. The molecule has 0 aromatic carbocycles. The first-order valence-electron chi connectivity index (χ1n) is 6.61. The molecule has 0 fully saturated rings. The van der Waals surface area contributed by atoms with Crippen LogP contribution in [0.5, 0.6) is 0 Å². The van der Waals surface area contributed by atoms with E-state index >= 15 is 0 Å². The van der Waals surface area contributed by atoms with E-state index in [2.05, 4.69) is 10.3 Å². The van der Waals surface area contributed by atoms with Crippen molar-refractivity contribution in [3.63, 3.8) is 0 Å². The lowest BCUT2D eigenvalue weighted by Crippen LogP contribution is -2.23. The average molecular weight is 341 g/mol. The summed E-state index contributed by atoms with van der Waals surface area (Å²) < 4.78 is 11.0. The zero-order valence-corrected chi connectivity index (χ0v) is 13.5. The Kier molecular flexibility index (Phi) is 4.17. The second-order valence-corrected chi connectivity index (χ2v) is 6.57. The van der Waals surface area contributed by atoms with Gasteiger partial charge in [0.15, 0.2) is 0 Å². The zero-order chi connectivity index (χ0) is 15.7. The van der Waals surface area contributed by atoms with Gasteiger partial charge in [-0.15, -0.1) is 11.3 Å². The summed E-state index contributed by atoms with van der Waals surface area (Å²) in [5, 5.41) is 7.75. The molecule has 0 bridgehead atoms. The van der Waals surface area contributed by atoms with Crippen molar-refractivity contribution in [1.82, 2.24) is 5.16 Å². The minimum absolute atomic E-state index is 0.111. The maximum Gasteiger partial charge on any atom is 0.350 e. The van der Waals surface area contributed by atoms with E-state index in [4.69, 9.17) is 25.7 Å². The van der Waals surface area contributed by atoms with E-state index in [1.54, 1.807) is 19.9 Å². The third-order valence-electron chi connectivity index (χ3n) is 3.33. The van der Waals surface area contributed by atoms with Crippen LogP contribution in [0.2, 0.25) is 4.34 Å². The molecule has 22 heavy (non-hydrogen) atoms. The van der Waals surface area contributed by atoms with Crippen LogP contribution in [0.1, 0.15) is 28.3 Å². The Morgan fingerprint density at radius 2 is 2.32 bits per heavy atom. The largest absolute Gasteiger partial charge is 0.458 e. The molecule has 0 amide bonds. The first kappa shape index (κ1) is 15.1. The number of halogens is 1. The van der Waals surface area contributed by atoms with Crippen LogP contribution in [0, 0.1) is 13.8 Å². The van der Waals surface area contributed by atoms with Crippen LogP contribution in [-0.4, -0.2) is 22.9 Å². The van der Waals surface area contributed by atoms with Crippen molar-refractivity contribution in [3.05, 3.63) is 38.4 Å². The minimum Gasteiger partial charge on any atom is -0.458 e. The van der Waals surface area contributed by atoms with Crippen LogP contribution in [0.3, 0.4) is 0 Å². The van der Waals surface area contributed by atoms with Crippen LogP contribution in [0.25, 0.3) is 0 Å². The summed E-state index contributed by atoms with van der Waals surface area (Å²) in [6, 6.07) is 3.64. The van der Waals surface area contributed by atoms with Gasteiger partial charge in [-0.25, -0.2) is 4.79 Å². The number of rotatable bonds is 4. The predicted molar refractivity (Wildman–Crippen MR) is 81.1 cm³/mol. The molecule has 6 nitrogen and oxygen atoms in total. The molecule has 1 unspecified atom stereocenters. The lowest BCUT2D eigenvalue weighted by atomic mass is 10.1. The molecule has 1 atom stereocenters. The Bertz CT molecular complexity index is 718. The lowest BCUT2D eigenvalue weighted by Gasteiger charge is -2.08. The summed E-state index contributed by atoms with van der Waals surface area (Å²) in [7, 11) is 0. The SMILES string of the molecule is Cc1noc(C)c1COC(=O)C1CC(c2ccc(Cl)s2)=NO1. The number of aromatic nitrogens is 1. The normalized spacial score (nSPS) is 17.2. The van der Waals surface area contributed by atoms with Crippen molar-refractivity contribution in [2.75, 3.05) is 0 Å². The lowest BCUT2D eigenvalue weighted by molar-refractivity contribution is -0.156. The number of hydrogen-bond acceptors (Lipinski definition) is 7. The fourth-order valence-electron chi connectivity index (χ4n) is 2.06. The fourth-order valence-corrected chi connectivity index (χ4v) is 3.10. The smallest absolute Gasteiger partial charge is 0.350 e. The van der Waals surface area contributed by atoms with Gasteiger partial charge >= 0.3 is 5.97 Å². The van der Waals surface area contributed by atoms with Crippen molar-refractivity contribution >= 4 is 34.6 Å². The molecule has 1 aliphatic heterocycles. The second-order valence-electron chi connectivity index (χ2n) is 4.85. The molecule has 3 rings (SSSR count). The summed E-state index contributed by atoms with van der Waals surface area (Å²) in [4.78, 5) is 18.1. The minimum atomic E-state index is -0.726. The fraction of sp³-hybridized carbons (Fsp3) is 0.357. The van der Waals surface area contributed by atoms with Gasteiger partial charge in [0.1, 0.15) is 18.1 Å². The summed E-state index contributed by atoms with van der Waals surface area (Å²) in [6.07, 6.45) is -0.353. The number of aryl methyl sites for hydroxylation is 2. The molecule has 116 valence electrons. The second kappa shape index (κ2) is 6.10. The van der Waals surface area contributed by atoms with Gasteiger partial charge in [-0.05, 0) is 26.0 Å². The van der Waals surface area contributed by atoms with Crippen molar-refractivity contribution in [3.8, 4) is 0 Å². The van der Waals surface area contributed by atoms with E-state index in [0.717, 1.165) is 10.4 Å². The molecule has 0 aliphatic carbocycles. The third kappa shape index (κ3) is 3.00. The number of thiophene rings is 1. The molecular formula is C14H13ClN2O4S. The van der Waals surface area contributed by atoms with Crippen LogP contribution < -0.4 is 0 Å². The van der Waals surface area contributed by atoms with Crippen molar-refractivity contribution in [2.24, 2.45) is 5.16 Å². The Balaban J connectivity index is 1.57. The van der Waals surface area contributed by atoms with Crippen molar-refractivity contribution in [1.29, 1.82) is 0 Å². The number of nitrogens with zero attached hydrogens (tertiary/aromatic N) is 2. The van der Waals surface area contributed by atoms with Crippen LogP contribution in [-0.2, 0) is 21.0 Å². The van der Waals surface area contributed by atoms with Crippen LogP contribution in [0.15, 0.2) is 21.8 Å². The molecule has 8 heteroatoms. The van der Waals surface area contributed by atoms with Gasteiger partial charge in [0, 0.05) is 6.42 Å². The molecule has 2 aromatic heterocycles. The van der Waals surface area contributed by atoms with E-state index in [1.807, 2.05) is 6.07 Å². The number of ether oxygens (including phenoxy) is 1. The topological polar surface area (TPSA) is 73.9 Å². The summed E-state index contributed by atoms with van der Waals surface area (Å²) >= 11 is 7.29. The first-order chi connectivity index (χ1) is 10.5. The van der Waals surface area contributed by atoms with Crippen LogP contribution >= 0.6 is 22.9 Å². The molecule has 0 radical (unpaired) electrons. The molecule has 2 aromatic rings. The van der Waals surface area contributed by atoms with Gasteiger partial charge in [-0.1, -0.05) is 21.9 Å². The summed E-state index contributed by atoms with van der Waals surface area (Å²) in [5.41, 5.74) is 2.19. The molecule has 3 heterocycles. The van der Waals surface area contributed by atoms with Gasteiger partial charge in [0.25, 0.3) is 0 Å². The van der Waals surface area contributed by atoms with E-state index in [0.29, 0.717) is 27.9 Å². The maximum absolute atomic E-state index is 12.1. The number of hydrogen-bond donors (Lipinski definition) is 0. The highest BCUT2D eigenvalue weighted by Crippen LogP contribution is 2.27. The Morgan fingerprint density at radius 3 is 2.95 bits per heavy atom. The Labute approximate surface area is 135 Å². The monoisotopic (exact) mass is 340 g/mol. The van der Waals surface area contributed by atoms with Gasteiger partial charge in [0.05, 0.1) is 20.5 Å². The van der Waals surface area contributed by atoms with Gasteiger partial charge in [0.2, 0.25) is 6.10 Å². The highest BCUT2D eigenvalue weighted by Gasteiger charge is 2.31. The standard InChI is InChI=1S/C14H13ClN2O4S/c1-7-9(8(2)20-16-7)6-19-14(18)11-5-10(17-21-11)12-3-4-13(15)22-12/h3-4,11H,5-6H2,1-2H3. The number of carbonyl (C=O) groups excluding carboxylic acids is 1. The zero-order valence-electron chi connectivity index (χ0n) is 12.0. The molecule has 0 saturated heterocycles. The molecule has 0 saturated carbocycles. The highest BCUT2D eigenvalue weighted by atomic mass is 35.5. The van der Waals surface area contributed by atoms with Gasteiger partial charge < -0.3 is 14.1 Å². The van der Waals surface area contributed by atoms with Crippen LogP contribution in [0.4, 0.5) is 0 Å². The Hall–Kier alpha value is -1.86. The van der Waals surface area contributed by atoms with E-state index < -0.39 is 12.1 Å². The predicted octanol–water partition coefficient (Wildman–Crippen LogP) is 3.24. The van der Waals surface area contributed by atoms with Crippen molar-refractivity contribution < 1.29 is 18.9 Å². The number of esters is 1. The number of oxime groups is 1. The quantitative estimate of drug-likeness (QED) is 0.799. The first-order valence-corrected chi connectivity index (χ1v) is 7.81. The van der Waals surface area contributed by atoms with E-state index in [1.165, 1.54) is 11.3 Å². The molecule has 0 N–H and O–H groups in total. The van der Waals surface area contributed by atoms with E-state index in [-0.39, 0.29) is 6.61 Å². The highest BCUT2D eigenvalue weighted by molar-refractivity contribution is 7.18. The van der Waals surface area contributed by atoms with Crippen molar-refractivity contribution in [2.45, 2.75) is 33.0 Å². The third-order valence-corrected chi connectivity index (χ3v) is 4.61. The number of carbonyl (C=O) groups is 1. The van der Waals surface area contributed by atoms with Gasteiger partial charge in [-0.3, -0.25) is 0 Å². The average Bonchev–Trinajstić information content (AvgIpc) is 3.19. The molecule has 1 aliphatic rings. The maximum atomic E-state index is 12.1. The summed E-state index contributed by atoms with van der Waals surface area (Å²) in [6.45, 7) is 3.69. The molecular weight excluding hydrogens is 328 g/mol. The summed E-state index contributed by atoms with van der Waals surface area (Å²) in [5.74, 6) is 0.184. The van der Waals surface area contributed by atoms with E-state index in [9.17, 15) is 4.79 Å². The van der Waals surface area contributed by atoms with Gasteiger partial charge in [-0.2, -0.15) is 0 Å². The Morgan fingerprint density at radius 1 is 1.50 bits per heavy atom.